The molecule has 0 amide bonds. The Balaban J connectivity index is -0.000000720. The van der Waals surface area contributed by atoms with E-state index < -0.39 is 36.4 Å². The first-order valence-electron chi connectivity index (χ1n) is 3.21. The van der Waals surface area contributed by atoms with Gasteiger partial charge >= 0.3 is 41.8 Å². The van der Waals surface area contributed by atoms with E-state index in [1.165, 1.54) is 0 Å². The van der Waals surface area contributed by atoms with Crippen molar-refractivity contribution in [3.63, 3.8) is 0 Å². The van der Waals surface area contributed by atoms with E-state index in [9.17, 15) is 14.4 Å². The molecule has 4 N–H and O–H groups in total. The number of carboxylic acids is 3. The van der Waals surface area contributed by atoms with E-state index in [-0.39, 0.29) is 44.0 Å². The number of hydrogen-bond donors (Lipinski definition) is 4. The summed E-state index contributed by atoms with van der Waals surface area (Å²) in [5.41, 5.74) is 0. The minimum atomic E-state index is -2.20. The van der Waals surface area contributed by atoms with Crippen LogP contribution in [0.1, 0.15) is 6.42 Å². The van der Waals surface area contributed by atoms with Crippen molar-refractivity contribution < 1.29 is 54.9 Å². The van der Waals surface area contributed by atoms with Crippen molar-refractivity contribution in [3.05, 3.63) is 0 Å². The smallest absolute Gasteiger partial charge is 0 e. The second-order valence-electron chi connectivity index (χ2n) is 2.33. The van der Waals surface area contributed by atoms with Gasteiger partial charge in [0.1, 0.15) is 5.92 Å². The topological polar surface area (TPSA) is 132 Å². The number of carboxylic acid groups (broad SMARTS) is 3. The third-order valence-electron chi connectivity index (χ3n) is 1.35. The second kappa shape index (κ2) is 9.07. The molecule has 0 aromatic rings. The standard InChI is InChI=1S/C6H8O7.Sn.Tc.2H/c7-3(8)1-2(5(10)11)4(9)6(12)13;;;;/h2,4,9H,1H2,(H,7,8)(H,10,11)(H,12,13);;;;. The van der Waals surface area contributed by atoms with Crippen LogP contribution in [0.15, 0.2) is 0 Å². The van der Waals surface area contributed by atoms with Crippen LogP contribution >= 0.6 is 0 Å². The third kappa shape index (κ3) is 7.71. The molecule has 0 aliphatic rings. The average molecular weight is 411 g/mol. The molecule has 2 unspecified atom stereocenters. The maximum atomic E-state index is 10.3. The zero-order valence-corrected chi connectivity index (χ0v) is 13.4. The zero-order chi connectivity index (χ0) is 10.6. The molecule has 2 atom stereocenters. The maximum Gasteiger partial charge on any atom is 0 e. The van der Waals surface area contributed by atoms with E-state index in [1.807, 2.05) is 0 Å². The van der Waals surface area contributed by atoms with Gasteiger partial charge < -0.3 is 20.4 Å². The third-order valence-corrected chi connectivity index (χ3v) is 1.35. The summed E-state index contributed by atoms with van der Waals surface area (Å²) in [5, 5.41) is 33.5. The SMILES string of the molecule is O=C(O)CC(C(=O)O)C(O)C(=O)O.[SnH2].[Tc]. The van der Waals surface area contributed by atoms with Crippen LogP contribution in [-0.4, -0.2) is 68.3 Å². The van der Waals surface area contributed by atoms with Crippen molar-refractivity contribution in [2.45, 2.75) is 12.5 Å². The van der Waals surface area contributed by atoms with Crippen LogP contribution in [0.5, 0.6) is 0 Å². The van der Waals surface area contributed by atoms with E-state index in [0.717, 1.165) is 0 Å². The first kappa shape index (κ1) is 20.3. The van der Waals surface area contributed by atoms with E-state index in [4.69, 9.17) is 20.4 Å². The van der Waals surface area contributed by atoms with Crippen molar-refractivity contribution in [2.75, 3.05) is 0 Å². The zero-order valence-electron chi connectivity index (χ0n) is 7.46. The van der Waals surface area contributed by atoms with Crippen LogP contribution in [0.4, 0.5) is 0 Å². The predicted molar refractivity (Wildman–Crippen MR) is 45.6 cm³/mol. The van der Waals surface area contributed by atoms with Gasteiger partial charge in [-0.25, -0.2) is 4.79 Å². The molecule has 3 radical (unpaired) electrons. The normalized spacial score (nSPS) is 12.6. The quantitative estimate of drug-likeness (QED) is 0.374. The van der Waals surface area contributed by atoms with Gasteiger partial charge in [-0.2, -0.15) is 0 Å². The molecular weight excluding hydrogens is 401 g/mol. The summed E-state index contributed by atoms with van der Waals surface area (Å²) >= 11 is 0. The molecule has 0 rings (SSSR count). The Kier molecular flexibility index (Phi) is 12.3. The number of rotatable bonds is 5. The van der Waals surface area contributed by atoms with Crippen LogP contribution in [0.25, 0.3) is 0 Å². The number of aliphatic hydroxyl groups excluding tert-OH is 1. The van der Waals surface area contributed by atoms with E-state index in [2.05, 4.69) is 0 Å². The van der Waals surface area contributed by atoms with Crippen LogP contribution < -0.4 is 0 Å². The molecule has 0 fully saturated rings. The molecular formula is C6H10O7SnTc. The van der Waals surface area contributed by atoms with E-state index >= 15 is 0 Å². The van der Waals surface area contributed by atoms with Crippen molar-refractivity contribution in [1.29, 1.82) is 0 Å². The second-order valence-corrected chi connectivity index (χ2v) is 2.33. The molecule has 0 spiro atoms. The van der Waals surface area contributed by atoms with Crippen molar-refractivity contribution in [3.8, 4) is 0 Å². The molecule has 0 aliphatic heterocycles. The van der Waals surface area contributed by atoms with E-state index in [0.29, 0.717) is 0 Å². The molecule has 7 nitrogen and oxygen atoms in total. The number of aliphatic carboxylic acids is 3. The van der Waals surface area contributed by atoms with Crippen LogP contribution in [0.3, 0.4) is 0 Å². The van der Waals surface area contributed by atoms with Gasteiger partial charge in [0, 0.05) is 20.1 Å². The summed E-state index contributed by atoms with van der Waals surface area (Å²) in [6, 6.07) is 0. The maximum absolute atomic E-state index is 10.3. The van der Waals surface area contributed by atoms with Gasteiger partial charge in [0.15, 0.2) is 6.10 Å². The predicted octanol–water partition coefficient (Wildman–Crippen LogP) is -2.31. The monoisotopic (exact) mass is 411 g/mol. The van der Waals surface area contributed by atoms with Crippen LogP contribution in [0, 0.1) is 5.92 Å². The first-order valence-corrected chi connectivity index (χ1v) is 3.21. The Bertz CT molecular complexity index is 244. The Morgan fingerprint density at radius 3 is 1.60 bits per heavy atom. The fraction of sp³-hybridized carbons (Fsp3) is 0.500. The summed E-state index contributed by atoms with van der Waals surface area (Å²) in [6.07, 6.45) is -3.13. The fourth-order valence-electron chi connectivity index (χ4n) is 0.694. The minimum absolute atomic E-state index is 0. The average Bonchev–Trinajstić information content (AvgIpc) is 1.97. The van der Waals surface area contributed by atoms with Gasteiger partial charge in [-0.1, -0.05) is 0 Å². The summed E-state index contributed by atoms with van der Waals surface area (Å²) in [4.78, 5) is 30.5. The molecule has 9 heteroatoms. The van der Waals surface area contributed by atoms with Gasteiger partial charge in [0.25, 0.3) is 0 Å². The van der Waals surface area contributed by atoms with Gasteiger partial charge in [-0.05, 0) is 0 Å². The Hall–Kier alpha value is -0.182. The van der Waals surface area contributed by atoms with Crippen molar-refractivity contribution in [2.24, 2.45) is 5.92 Å². The summed E-state index contributed by atoms with van der Waals surface area (Å²) in [7, 11) is 0. The van der Waals surface area contributed by atoms with Crippen LogP contribution in [-0.2, 0) is 34.5 Å². The summed E-state index contributed by atoms with van der Waals surface area (Å²) in [5.74, 6) is -6.71. The first-order chi connectivity index (χ1) is 5.86. The number of hydrogen-bond acceptors (Lipinski definition) is 4. The summed E-state index contributed by atoms with van der Waals surface area (Å²) < 4.78 is 0. The van der Waals surface area contributed by atoms with Crippen LogP contribution in [0.2, 0.25) is 0 Å². The van der Waals surface area contributed by atoms with Crippen molar-refractivity contribution in [1.82, 2.24) is 0 Å². The van der Waals surface area contributed by atoms with Crippen molar-refractivity contribution >= 4 is 41.8 Å². The fourth-order valence-corrected chi connectivity index (χ4v) is 0.694. The Morgan fingerprint density at radius 2 is 1.40 bits per heavy atom. The molecule has 0 aliphatic carbocycles. The Morgan fingerprint density at radius 1 is 1.00 bits per heavy atom. The Labute approximate surface area is 115 Å². The van der Waals surface area contributed by atoms with Gasteiger partial charge in [-0.15, -0.1) is 0 Å². The molecule has 0 bridgehead atoms. The summed E-state index contributed by atoms with van der Waals surface area (Å²) in [6.45, 7) is 0. The van der Waals surface area contributed by atoms with E-state index in [1.54, 1.807) is 0 Å². The molecule has 15 heavy (non-hydrogen) atoms. The van der Waals surface area contributed by atoms with Gasteiger partial charge in [0.2, 0.25) is 0 Å². The molecule has 0 heterocycles. The molecule has 0 saturated heterocycles. The number of carbonyl (C=O) groups is 3. The molecule has 0 aromatic heterocycles. The largest absolute Gasteiger partial charge is 0 e. The van der Waals surface area contributed by atoms with Gasteiger partial charge in [0.05, 0.1) is 6.42 Å². The number of aliphatic hydroxyl groups is 1. The molecule has 0 aromatic carbocycles. The molecule has 0 saturated carbocycles. The molecule has 87 valence electrons. The van der Waals surface area contributed by atoms with Gasteiger partial charge in [-0.3, -0.25) is 9.59 Å². The minimum Gasteiger partial charge on any atom is 0 e.